The van der Waals surface area contributed by atoms with Crippen LogP contribution in [0.2, 0.25) is 0 Å². The summed E-state index contributed by atoms with van der Waals surface area (Å²) in [6.07, 6.45) is 7.66. The number of imidazole rings is 2. The van der Waals surface area contributed by atoms with E-state index in [1.54, 1.807) is 18.4 Å². The lowest BCUT2D eigenvalue weighted by atomic mass is 9.95. The van der Waals surface area contributed by atoms with E-state index in [2.05, 4.69) is 9.55 Å². The van der Waals surface area contributed by atoms with Crippen LogP contribution in [0.5, 0.6) is 0 Å². The van der Waals surface area contributed by atoms with Gasteiger partial charge in [-0.1, -0.05) is 19.3 Å². The molecule has 0 saturated heterocycles. The third-order valence-electron chi connectivity index (χ3n) is 5.60. The molecule has 1 saturated carbocycles. The summed E-state index contributed by atoms with van der Waals surface area (Å²) in [6, 6.07) is 0.349. The van der Waals surface area contributed by atoms with Gasteiger partial charge in [-0.2, -0.15) is 4.98 Å². The zero-order valence-corrected chi connectivity index (χ0v) is 16.5. The Balaban J connectivity index is 1.95. The summed E-state index contributed by atoms with van der Waals surface area (Å²) in [4.78, 5) is 42.3. The van der Waals surface area contributed by atoms with Crippen LogP contribution < -0.4 is 11.2 Å². The van der Waals surface area contributed by atoms with Crippen molar-refractivity contribution in [2.75, 3.05) is 6.61 Å². The molecular formula is C19H25N5O4. The SMILES string of the molecule is CCOC(=O)Cn1c(=O)c2c(nc3n(C4CCCCC4)c(C)cn23)n(C)c1=O. The van der Waals surface area contributed by atoms with Crippen LogP contribution in [0.1, 0.15) is 50.8 Å². The first-order valence-electron chi connectivity index (χ1n) is 9.79. The molecule has 0 spiro atoms. The van der Waals surface area contributed by atoms with E-state index < -0.39 is 23.8 Å². The lowest BCUT2D eigenvalue weighted by Crippen LogP contribution is -2.41. The molecule has 3 aromatic rings. The molecule has 1 fully saturated rings. The van der Waals surface area contributed by atoms with E-state index in [1.165, 1.54) is 23.8 Å². The summed E-state index contributed by atoms with van der Waals surface area (Å²) in [5.74, 6) is 0.0538. The van der Waals surface area contributed by atoms with Crippen LogP contribution in [-0.4, -0.2) is 35.7 Å². The summed E-state index contributed by atoms with van der Waals surface area (Å²) < 4.78 is 11.1. The lowest BCUT2D eigenvalue weighted by molar-refractivity contribution is -0.143. The fraction of sp³-hybridized carbons (Fsp3) is 0.579. The molecule has 4 rings (SSSR count). The zero-order valence-electron chi connectivity index (χ0n) is 16.5. The molecule has 1 aliphatic carbocycles. The van der Waals surface area contributed by atoms with E-state index in [1.807, 2.05) is 13.1 Å². The van der Waals surface area contributed by atoms with Gasteiger partial charge in [-0.05, 0) is 26.7 Å². The number of hydrogen-bond acceptors (Lipinski definition) is 5. The maximum atomic E-state index is 13.1. The second kappa shape index (κ2) is 6.96. The van der Waals surface area contributed by atoms with Crippen LogP contribution >= 0.6 is 0 Å². The predicted molar refractivity (Wildman–Crippen MR) is 104 cm³/mol. The number of esters is 1. The first-order chi connectivity index (χ1) is 13.4. The van der Waals surface area contributed by atoms with E-state index in [9.17, 15) is 14.4 Å². The quantitative estimate of drug-likeness (QED) is 0.633. The molecule has 28 heavy (non-hydrogen) atoms. The molecule has 0 atom stereocenters. The molecule has 150 valence electrons. The van der Waals surface area contributed by atoms with Crippen LogP contribution in [0.3, 0.4) is 0 Å². The molecule has 1 aliphatic rings. The van der Waals surface area contributed by atoms with Gasteiger partial charge in [-0.15, -0.1) is 0 Å². The second-order valence-corrected chi connectivity index (χ2v) is 7.42. The van der Waals surface area contributed by atoms with Crippen LogP contribution in [0.25, 0.3) is 16.9 Å². The van der Waals surface area contributed by atoms with Crippen molar-refractivity contribution < 1.29 is 9.53 Å². The maximum Gasteiger partial charge on any atom is 0.333 e. The van der Waals surface area contributed by atoms with Gasteiger partial charge in [0.25, 0.3) is 5.56 Å². The number of hydrogen-bond donors (Lipinski definition) is 0. The summed E-state index contributed by atoms with van der Waals surface area (Å²) in [5, 5.41) is 0. The van der Waals surface area contributed by atoms with Gasteiger partial charge >= 0.3 is 11.7 Å². The highest BCUT2D eigenvalue weighted by molar-refractivity contribution is 5.76. The Kier molecular flexibility index (Phi) is 4.60. The number of carbonyl (C=O) groups is 1. The first kappa shape index (κ1) is 18.5. The number of aryl methyl sites for hydroxylation is 2. The minimum atomic E-state index is -0.613. The van der Waals surface area contributed by atoms with Crippen molar-refractivity contribution in [1.29, 1.82) is 0 Å². The van der Waals surface area contributed by atoms with E-state index in [4.69, 9.17) is 4.74 Å². The molecule has 9 heteroatoms. The number of carbonyl (C=O) groups excluding carboxylic acids is 1. The standard InChI is InChI=1S/C19H25N5O4/c1-4-28-14(25)11-23-17(26)15-16(21(3)19(23)27)20-18-22(15)10-12(2)24(18)13-8-6-5-7-9-13/h10,13H,4-9,11H2,1-3H3. The smallest absolute Gasteiger partial charge is 0.333 e. The van der Waals surface area contributed by atoms with E-state index in [0.29, 0.717) is 23.0 Å². The molecule has 0 N–H and O–H groups in total. The summed E-state index contributed by atoms with van der Waals surface area (Å²) in [7, 11) is 1.57. The maximum absolute atomic E-state index is 13.1. The van der Waals surface area contributed by atoms with Crippen molar-refractivity contribution in [3.63, 3.8) is 0 Å². The molecule has 0 radical (unpaired) electrons. The molecule has 0 unspecified atom stereocenters. The normalized spacial score (nSPS) is 15.5. The first-order valence-corrected chi connectivity index (χ1v) is 9.79. The Morgan fingerprint density at radius 2 is 1.96 bits per heavy atom. The minimum Gasteiger partial charge on any atom is -0.465 e. The second-order valence-electron chi connectivity index (χ2n) is 7.42. The minimum absolute atomic E-state index is 0.191. The molecule has 0 bridgehead atoms. The van der Waals surface area contributed by atoms with Crippen LogP contribution in [0, 0.1) is 6.92 Å². The van der Waals surface area contributed by atoms with E-state index >= 15 is 0 Å². The summed E-state index contributed by atoms with van der Waals surface area (Å²) >= 11 is 0. The largest absolute Gasteiger partial charge is 0.465 e. The van der Waals surface area contributed by atoms with Gasteiger partial charge in [0.2, 0.25) is 5.78 Å². The Morgan fingerprint density at radius 3 is 2.64 bits per heavy atom. The monoisotopic (exact) mass is 387 g/mol. The van der Waals surface area contributed by atoms with Crippen molar-refractivity contribution in [1.82, 2.24) is 23.1 Å². The number of nitrogens with zero attached hydrogens (tertiary/aromatic N) is 5. The fourth-order valence-electron chi connectivity index (χ4n) is 4.29. The van der Waals surface area contributed by atoms with Gasteiger partial charge in [-0.25, -0.2) is 9.36 Å². The molecule has 0 aromatic carbocycles. The highest BCUT2D eigenvalue weighted by Gasteiger charge is 2.25. The topological polar surface area (TPSA) is 92.5 Å². The zero-order chi connectivity index (χ0) is 20.0. The summed E-state index contributed by atoms with van der Waals surface area (Å²) in [6.45, 7) is 3.47. The van der Waals surface area contributed by atoms with Gasteiger partial charge < -0.3 is 9.30 Å². The Labute approximate surface area is 161 Å². The van der Waals surface area contributed by atoms with Gasteiger partial charge in [0, 0.05) is 25.0 Å². The molecular weight excluding hydrogens is 362 g/mol. The Hall–Kier alpha value is -2.84. The van der Waals surface area contributed by atoms with E-state index in [-0.39, 0.29) is 6.61 Å². The van der Waals surface area contributed by atoms with Crippen molar-refractivity contribution in [3.8, 4) is 0 Å². The molecule has 9 nitrogen and oxygen atoms in total. The number of rotatable bonds is 4. The average molecular weight is 387 g/mol. The molecule has 3 heterocycles. The third-order valence-corrected chi connectivity index (χ3v) is 5.60. The van der Waals surface area contributed by atoms with Crippen LogP contribution in [0.15, 0.2) is 15.8 Å². The number of ether oxygens (including phenoxy) is 1. The highest BCUT2D eigenvalue weighted by Crippen LogP contribution is 2.31. The summed E-state index contributed by atoms with van der Waals surface area (Å²) in [5.41, 5.74) is 0.557. The molecule has 0 aliphatic heterocycles. The predicted octanol–water partition coefficient (Wildman–Crippen LogP) is 1.53. The average Bonchev–Trinajstić information content (AvgIpc) is 3.19. The van der Waals surface area contributed by atoms with Crippen molar-refractivity contribution in [3.05, 3.63) is 32.7 Å². The number of fused-ring (bicyclic) bond motifs is 3. The fourth-order valence-corrected chi connectivity index (χ4v) is 4.29. The molecule has 3 aromatic heterocycles. The van der Waals surface area contributed by atoms with Crippen molar-refractivity contribution in [2.45, 2.75) is 58.5 Å². The van der Waals surface area contributed by atoms with Crippen LogP contribution in [0.4, 0.5) is 0 Å². The Morgan fingerprint density at radius 1 is 1.25 bits per heavy atom. The molecule has 0 amide bonds. The van der Waals surface area contributed by atoms with Gasteiger partial charge in [0.15, 0.2) is 11.2 Å². The van der Waals surface area contributed by atoms with Crippen molar-refractivity contribution >= 4 is 22.9 Å². The van der Waals surface area contributed by atoms with Gasteiger partial charge in [0.1, 0.15) is 6.54 Å². The van der Waals surface area contributed by atoms with E-state index in [0.717, 1.165) is 23.1 Å². The number of aromatic nitrogens is 5. The third kappa shape index (κ3) is 2.76. The lowest BCUT2D eigenvalue weighted by Gasteiger charge is -2.24. The van der Waals surface area contributed by atoms with Crippen LogP contribution in [-0.2, 0) is 23.1 Å². The van der Waals surface area contributed by atoms with Gasteiger partial charge in [0.05, 0.1) is 6.61 Å². The van der Waals surface area contributed by atoms with Crippen molar-refractivity contribution in [2.24, 2.45) is 7.05 Å². The highest BCUT2D eigenvalue weighted by atomic mass is 16.5. The van der Waals surface area contributed by atoms with Gasteiger partial charge in [-0.3, -0.25) is 18.6 Å². The Bertz CT molecular complexity index is 1170.